The molecule has 0 bridgehead atoms. The van der Waals surface area contributed by atoms with Crippen LogP contribution in [0.4, 0.5) is 32.8 Å². The first-order valence-corrected chi connectivity index (χ1v) is 15.5. The Labute approximate surface area is 263 Å². The van der Waals surface area contributed by atoms with E-state index in [4.69, 9.17) is 26.8 Å². The van der Waals surface area contributed by atoms with Gasteiger partial charge >= 0.3 is 6.01 Å². The summed E-state index contributed by atoms with van der Waals surface area (Å²) in [5, 5.41) is 9.83. The Morgan fingerprint density at radius 3 is 2.87 bits per heavy atom. The van der Waals surface area contributed by atoms with Crippen LogP contribution in [-0.4, -0.2) is 78.5 Å². The van der Waals surface area contributed by atoms with E-state index in [0.29, 0.717) is 6.42 Å². The Kier molecular flexibility index (Phi) is 7.43. The number of anilines is 2. The van der Waals surface area contributed by atoms with E-state index in [1.807, 2.05) is 11.0 Å². The number of aromatic nitrogens is 2. The van der Waals surface area contributed by atoms with E-state index in [1.54, 1.807) is 0 Å². The maximum atomic E-state index is 16.8. The molecule has 2 aromatic carbocycles. The number of ether oxygens (including phenoxy) is 2. The van der Waals surface area contributed by atoms with Gasteiger partial charge in [-0.1, -0.05) is 17.7 Å². The number of nitrogens with zero attached hydrogens (tertiary/aromatic N) is 5. The van der Waals surface area contributed by atoms with Gasteiger partial charge in [-0.15, -0.1) is 11.3 Å². The summed E-state index contributed by atoms with van der Waals surface area (Å²) in [6.45, 7) is -0.541. The molecule has 3 aliphatic rings. The molecule has 2 N–H and O–H groups in total. The smallest absolute Gasteiger partial charge is 0.319 e. The molecular formula is C30H26ClF5N6O2S. The zero-order valence-corrected chi connectivity index (χ0v) is 25.3. The monoisotopic (exact) mass is 664 g/mol. The van der Waals surface area contributed by atoms with Crippen LogP contribution in [0.2, 0.25) is 5.02 Å². The molecule has 3 aliphatic heterocycles. The minimum Gasteiger partial charge on any atom is -0.461 e. The lowest BCUT2D eigenvalue weighted by Crippen LogP contribution is -2.43. The number of thiophene rings is 1. The third-order valence-electron chi connectivity index (χ3n) is 8.81. The van der Waals surface area contributed by atoms with Gasteiger partial charge in [0, 0.05) is 35.8 Å². The molecule has 0 saturated carbocycles. The fourth-order valence-corrected chi connectivity index (χ4v) is 8.09. The molecule has 4 aromatic rings. The van der Waals surface area contributed by atoms with Crippen molar-refractivity contribution in [2.24, 2.45) is 0 Å². The predicted molar refractivity (Wildman–Crippen MR) is 161 cm³/mol. The second-order valence-electron chi connectivity index (χ2n) is 11.7. The molecule has 236 valence electrons. The van der Waals surface area contributed by atoms with E-state index in [1.165, 1.54) is 17.0 Å². The van der Waals surface area contributed by atoms with Crippen molar-refractivity contribution in [1.29, 1.82) is 5.26 Å². The molecule has 0 unspecified atom stereocenters. The van der Waals surface area contributed by atoms with Crippen molar-refractivity contribution in [2.75, 3.05) is 56.6 Å². The van der Waals surface area contributed by atoms with Gasteiger partial charge in [0.25, 0.3) is 5.92 Å². The minimum absolute atomic E-state index is 0.0155. The molecule has 2 atom stereocenters. The Hall–Kier alpha value is -3.51. The molecule has 0 amide bonds. The molecule has 3 saturated heterocycles. The van der Waals surface area contributed by atoms with Crippen molar-refractivity contribution in [3.05, 3.63) is 40.4 Å². The number of nitrogen functional groups attached to an aromatic ring is 1. The highest BCUT2D eigenvalue weighted by atomic mass is 35.5. The molecule has 45 heavy (non-hydrogen) atoms. The van der Waals surface area contributed by atoms with Gasteiger partial charge in [-0.3, -0.25) is 4.90 Å². The molecule has 5 heterocycles. The van der Waals surface area contributed by atoms with Crippen molar-refractivity contribution in [1.82, 2.24) is 14.9 Å². The SMILES string of the molecule is N#Cc1c(N)sc2c(F)ccc(-c3c(Cl)cc4c(N5CCOCC(F)(F)C5)nc(OC[C@@]56CCCN5C[C@H](F)C6)nc4c3F)c12. The lowest BCUT2D eigenvalue weighted by atomic mass is 9.95. The number of fused-ring (bicyclic) bond motifs is 3. The maximum absolute atomic E-state index is 16.8. The number of hydrogen-bond donors (Lipinski definition) is 1. The fourth-order valence-electron chi connectivity index (χ4n) is 6.85. The molecule has 0 spiro atoms. The summed E-state index contributed by atoms with van der Waals surface area (Å²) in [4.78, 5) is 12.1. The third kappa shape index (κ3) is 5.10. The molecule has 7 rings (SSSR count). The number of nitriles is 1. The van der Waals surface area contributed by atoms with Crippen LogP contribution in [0.1, 0.15) is 24.8 Å². The Bertz CT molecular complexity index is 1890. The van der Waals surface area contributed by atoms with Crippen molar-refractivity contribution in [3.8, 4) is 23.2 Å². The van der Waals surface area contributed by atoms with Crippen LogP contribution in [0.15, 0.2) is 18.2 Å². The van der Waals surface area contributed by atoms with E-state index in [-0.39, 0.29) is 92.3 Å². The summed E-state index contributed by atoms with van der Waals surface area (Å²) in [5.41, 5.74) is 5.05. The minimum atomic E-state index is -3.23. The van der Waals surface area contributed by atoms with Gasteiger partial charge in [-0.05, 0) is 37.1 Å². The number of rotatable bonds is 5. The van der Waals surface area contributed by atoms with Gasteiger partial charge < -0.3 is 20.1 Å². The van der Waals surface area contributed by atoms with Gasteiger partial charge in [-0.2, -0.15) is 15.2 Å². The number of halogens is 6. The molecule has 2 aromatic heterocycles. The Balaban J connectivity index is 1.41. The number of nitrogens with two attached hydrogens (primary N) is 1. The van der Waals surface area contributed by atoms with E-state index in [2.05, 4.69) is 9.97 Å². The predicted octanol–water partition coefficient (Wildman–Crippen LogP) is 6.32. The Morgan fingerprint density at radius 1 is 1.24 bits per heavy atom. The van der Waals surface area contributed by atoms with Crippen molar-refractivity contribution < 1.29 is 31.4 Å². The lowest BCUT2D eigenvalue weighted by Gasteiger charge is -2.31. The Morgan fingerprint density at radius 2 is 2.07 bits per heavy atom. The first-order chi connectivity index (χ1) is 21.5. The summed E-state index contributed by atoms with van der Waals surface area (Å²) in [6, 6.07) is 5.47. The normalized spacial score (nSPS) is 23.4. The fraction of sp³-hybridized carbons (Fsp3) is 0.433. The standard InChI is InChI=1S/C30H26ClF5N6O2S/c31-19-8-17-24(23(34)22(19)16-2-3-20(33)25-21(16)18(10-37)26(38)45-25)39-28(40-27(17)41-6-7-43-14-30(35,36)12-41)44-13-29-4-1-5-42(29)11-15(32)9-29/h2-3,8,15H,1,4-7,9,11-14,38H2/t15-,29+/m1/s1. The van der Waals surface area contributed by atoms with Gasteiger partial charge in [0.1, 0.15) is 47.6 Å². The van der Waals surface area contributed by atoms with Crippen molar-refractivity contribution >= 4 is 54.7 Å². The van der Waals surface area contributed by atoms with Crippen LogP contribution in [0, 0.1) is 23.0 Å². The summed E-state index contributed by atoms with van der Waals surface area (Å²) >= 11 is 7.54. The van der Waals surface area contributed by atoms with E-state index < -0.39 is 42.4 Å². The van der Waals surface area contributed by atoms with Crippen LogP contribution in [0.3, 0.4) is 0 Å². The van der Waals surface area contributed by atoms with Crippen LogP contribution < -0.4 is 15.4 Å². The molecule has 15 heteroatoms. The summed E-state index contributed by atoms with van der Waals surface area (Å²) in [5.74, 6) is -4.86. The highest BCUT2D eigenvalue weighted by molar-refractivity contribution is 7.23. The molecule has 3 fully saturated rings. The van der Waals surface area contributed by atoms with Gasteiger partial charge in [0.15, 0.2) is 5.82 Å². The molecule has 0 aliphatic carbocycles. The lowest BCUT2D eigenvalue weighted by molar-refractivity contribution is -0.0564. The van der Waals surface area contributed by atoms with Crippen LogP contribution >= 0.6 is 22.9 Å². The topological polar surface area (TPSA) is 101 Å². The first kappa shape index (κ1) is 30.2. The highest BCUT2D eigenvalue weighted by Gasteiger charge is 2.49. The van der Waals surface area contributed by atoms with Crippen molar-refractivity contribution in [3.63, 3.8) is 0 Å². The van der Waals surface area contributed by atoms with Crippen LogP contribution in [0.5, 0.6) is 6.01 Å². The summed E-state index contributed by atoms with van der Waals surface area (Å²) in [7, 11) is 0. The largest absolute Gasteiger partial charge is 0.461 e. The van der Waals surface area contributed by atoms with E-state index in [0.717, 1.165) is 30.4 Å². The zero-order valence-electron chi connectivity index (χ0n) is 23.7. The zero-order chi connectivity index (χ0) is 31.7. The van der Waals surface area contributed by atoms with Gasteiger partial charge in [-0.25, -0.2) is 22.0 Å². The second-order valence-corrected chi connectivity index (χ2v) is 13.2. The number of hydrogen-bond acceptors (Lipinski definition) is 9. The molecular weight excluding hydrogens is 639 g/mol. The quantitative estimate of drug-likeness (QED) is 0.247. The molecule has 8 nitrogen and oxygen atoms in total. The maximum Gasteiger partial charge on any atom is 0.319 e. The summed E-state index contributed by atoms with van der Waals surface area (Å²) in [6.07, 6.45) is 0.815. The molecule has 0 radical (unpaired) electrons. The van der Waals surface area contributed by atoms with Gasteiger partial charge in [0.05, 0.1) is 34.0 Å². The average molecular weight is 665 g/mol. The van der Waals surface area contributed by atoms with Gasteiger partial charge in [0.2, 0.25) is 0 Å². The second kappa shape index (κ2) is 11.1. The van der Waals surface area contributed by atoms with Crippen LogP contribution in [-0.2, 0) is 4.74 Å². The summed E-state index contributed by atoms with van der Waals surface area (Å²) < 4.78 is 86.5. The van der Waals surface area contributed by atoms with E-state index >= 15 is 4.39 Å². The average Bonchev–Trinajstić information content (AvgIpc) is 3.59. The highest BCUT2D eigenvalue weighted by Crippen LogP contribution is 2.46. The van der Waals surface area contributed by atoms with Crippen LogP contribution in [0.25, 0.3) is 32.1 Å². The van der Waals surface area contributed by atoms with E-state index in [9.17, 15) is 22.8 Å². The number of alkyl halides is 3. The van der Waals surface area contributed by atoms with Crippen molar-refractivity contribution in [2.45, 2.75) is 36.9 Å². The third-order valence-corrected chi connectivity index (χ3v) is 10.1. The first-order valence-electron chi connectivity index (χ1n) is 14.3. The number of benzene rings is 2.